The summed E-state index contributed by atoms with van der Waals surface area (Å²) in [5.74, 6) is -1.23. The van der Waals surface area contributed by atoms with Gasteiger partial charge in [0.1, 0.15) is 28.3 Å². The van der Waals surface area contributed by atoms with Gasteiger partial charge in [-0.15, -0.1) is 0 Å². The minimum Gasteiger partial charge on any atom is -0.507 e. The van der Waals surface area contributed by atoms with Crippen LogP contribution in [0.1, 0.15) is 10.5 Å². The van der Waals surface area contributed by atoms with Gasteiger partial charge >= 0.3 is 5.97 Å². The molecule has 1 aromatic carbocycles. The van der Waals surface area contributed by atoms with Gasteiger partial charge < -0.3 is 19.5 Å². The Kier molecular flexibility index (Phi) is 5.16. The zero-order valence-corrected chi connectivity index (χ0v) is 16.1. The van der Waals surface area contributed by atoms with Gasteiger partial charge in [-0.3, -0.25) is 0 Å². The molecule has 1 aliphatic rings. The third kappa shape index (κ3) is 3.66. The van der Waals surface area contributed by atoms with Crippen molar-refractivity contribution in [3.8, 4) is 17.0 Å². The van der Waals surface area contributed by atoms with Crippen LogP contribution in [0, 0.1) is 5.82 Å². The van der Waals surface area contributed by atoms with E-state index in [-0.39, 0.29) is 33.2 Å². The fourth-order valence-electron chi connectivity index (χ4n) is 3.06. The summed E-state index contributed by atoms with van der Waals surface area (Å²) < 4.78 is 23.6. The van der Waals surface area contributed by atoms with Crippen LogP contribution in [0.25, 0.3) is 22.3 Å². The number of anilines is 1. The van der Waals surface area contributed by atoms with Gasteiger partial charge in [0.15, 0.2) is 5.69 Å². The summed E-state index contributed by atoms with van der Waals surface area (Å²) in [5.41, 5.74) is 0.919. The van der Waals surface area contributed by atoms with E-state index in [1.165, 1.54) is 25.3 Å². The summed E-state index contributed by atoms with van der Waals surface area (Å²) in [7, 11) is 1.23. The van der Waals surface area contributed by atoms with Gasteiger partial charge in [0.2, 0.25) is 5.95 Å². The van der Waals surface area contributed by atoms with Crippen LogP contribution in [0.4, 0.5) is 10.3 Å². The van der Waals surface area contributed by atoms with Gasteiger partial charge in [-0.2, -0.15) is 0 Å². The Morgan fingerprint density at radius 1 is 1.21 bits per heavy atom. The third-order valence-corrected chi connectivity index (χ3v) is 4.79. The maximum absolute atomic E-state index is 13.5. The summed E-state index contributed by atoms with van der Waals surface area (Å²) in [4.78, 5) is 27.3. The lowest BCUT2D eigenvalue weighted by atomic mass is 10.1. The van der Waals surface area contributed by atoms with E-state index in [0.717, 1.165) is 6.07 Å². The van der Waals surface area contributed by atoms with Crippen LogP contribution in [-0.2, 0) is 9.47 Å². The van der Waals surface area contributed by atoms with Crippen LogP contribution in [0.5, 0.6) is 5.75 Å². The Morgan fingerprint density at radius 3 is 2.66 bits per heavy atom. The first-order valence-corrected chi connectivity index (χ1v) is 9.14. The van der Waals surface area contributed by atoms with Crippen molar-refractivity contribution >= 4 is 34.6 Å². The molecule has 1 N–H and O–H groups in total. The lowest BCUT2D eigenvalue weighted by molar-refractivity contribution is 0.0594. The molecule has 0 unspecified atom stereocenters. The number of carbonyl (C=O) groups excluding carboxylic acids is 1. The van der Waals surface area contributed by atoms with Crippen LogP contribution >= 0.6 is 11.6 Å². The van der Waals surface area contributed by atoms with Crippen LogP contribution in [0.3, 0.4) is 0 Å². The molecule has 3 aromatic rings. The number of aromatic hydroxyl groups is 1. The second kappa shape index (κ2) is 7.76. The molecule has 8 nitrogen and oxygen atoms in total. The molecule has 1 fully saturated rings. The Morgan fingerprint density at radius 2 is 1.97 bits per heavy atom. The molecule has 1 aliphatic heterocycles. The molecule has 3 heterocycles. The Balaban J connectivity index is 2.00. The highest BCUT2D eigenvalue weighted by Crippen LogP contribution is 2.36. The molecule has 1 saturated heterocycles. The average molecular weight is 419 g/mol. The highest BCUT2D eigenvalue weighted by Gasteiger charge is 2.23. The van der Waals surface area contributed by atoms with Crippen molar-refractivity contribution in [3.05, 3.63) is 40.8 Å². The number of hydrogen-bond acceptors (Lipinski definition) is 8. The topological polar surface area (TPSA) is 97.7 Å². The average Bonchev–Trinajstić information content (AvgIpc) is 2.73. The lowest BCUT2D eigenvalue weighted by Gasteiger charge is -2.27. The number of methoxy groups -OCH3 is 1. The molecule has 150 valence electrons. The van der Waals surface area contributed by atoms with E-state index in [4.69, 9.17) is 21.1 Å². The standard InChI is InChI=1S/C19H16ClFN4O4/c1-28-18(27)13-9-12(20)16-17(22-13)15(11-3-2-10(21)8-14(11)26)23-19(24-16)25-4-6-29-7-5-25/h2-3,8-9,26H,4-7H2,1H3. The molecule has 0 radical (unpaired) electrons. The lowest BCUT2D eigenvalue weighted by Crippen LogP contribution is -2.37. The SMILES string of the molecule is COC(=O)c1cc(Cl)c2nc(N3CCOCC3)nc(-c3ccc(F)cc3O)c2n1. The van der Waals surface area contributed by atoms with Crippen molar-refractivity contribution in [2.45, 2.75) is 0 Å². The molecule has 0 spiro atoms. The molecule has 4 rings (SSSR count). The monoisotopic (exact) mass is 418 g/mol. The number of phenolic OH excluding ortho intramolecular Hbond substituents is 1. The van der Waals surface area contributed by atoms with E-state index in [9.17, 15) is 14.3 Å². The van der Waals surface area contributed by atoms with Gasteiger partial charge in [-0.25, -0.2) is 24.1 Å². The highest BCUT2D eigenvalue weighted by molar-refractivity contribution is 6.35. The third-order valence-electron chi connectivity index (χ3n) is 4.50. The van der Waals surface area contributed by atoms with Gasteiger partial charge in [0.25, 0.3) is 0 Å². The molecule has 2 aromatic heterocycles. The number of aromatic nitrogens is 3. The van der Waals surface area contributed by atoms with Gasteiger partial charge in [0, 0.05) is 24.7 Å². The normalized spacial score (nSPS) is 14.2. The number of phenols is 1. The minimum atomic E-state index is -0.680. The second-order valence-corrected chi connectivity index (χ2v) is 6.72. The van der Waals surface area contributed by atoms with E-state index >= 15 is 0 Å². The first kappa shape index (κ1) is 19.3. The maximum atomic E-state index is 13.5. The van der Waals surface area contributed by atoms with Crippen molar-refractivity contribution in [3.63, 3.8) is 0 Å². The van der Waals surface area contributed by atoms with E-state index in [0.29, 0.717) is 37.8 Å². The molecule has 0 bridgehead atoms. The largest absolute Gasteiger partial charge is 0.507 e. The fourth-order valence-corrected chi connectivity index (χ4v) is 3.30. The van der Waals surface area contributed by atoms with Crippen molar-refractivity contribution in [1.29, 1.82) is 0 Å². The van der Waals surface area contributed by atoms with Crippen molar-refractivity contribution in [2.24, 2.45) is 0 Å². The number of fused-ring (bicyclic) bond motifs is 1. The van der Waals surface area contributed by atoms with Crippen molar-refractivity contribution in [1.82, 2.24) is 15.0 Å². The number of hydrogen-bond donors (Lipinski definition) is 1. The van der Waals surface area contributed by atoms with E-state index in [1.54, 1.807) is 0 Å². The molecule has 0 atom stereocenters. The molecular formula is C19H16ClFN4O4. The maximum Gasteiger partial charge on any atom is 0.356 e. The van der Waals surface area contributed by atoms with Crippen molar-refractivity contribution < 1.29 is 23.8 Å². The van der Waals surface area contributed by atoms with E-state index < -0.39 is 11.8 Å². The molecular weight excluding hydrogens is 403 g/mol. The fraction of sp³-hybridized carbons (Fsp3) is 0.263. The van der Waals surface area contributed by atoms with Gasteiger partial charge in [-0.1, -0.05) is 11.6 Å². The predicted octanol–water partition coefficient (Wildman–Crippen LogP) is 2.81. The number of benzene rings is 1. The predicted molar refractivity (Wildman–Crippen MR) is 104 cm³/mol. The zero-order chi connectivity index (χ0) is 20.5. The molecule has 29 heavy (non-hydrogen) atoms. The number of esters is 1. The van der Waals surface area contributed by atoms with Crippen LogP contribution in [0.15, 0.2) is 24.3 Å². The summed E-state index contributed by atoms with van der Waals surface area (Å²) >= 11 is 6.39. The number of pyridine rings is 1. The first-order valence-electron chi connectivity index (χ1n) is 8.76. The smallest absolute Gasteiger partial charge is 0.356 e. The summed E-state index contributed by atoms with van der Waals surface area (Å²) in [6.07, 6.45) is 0. The van der Waals surface area contributed by atoms with Gasteiger partial charge in [-0.05, 0) is 18.2 Å². The van der Waals surface area contributed by atoms with Crippen molar-refractivity contribution in [2.75, 3.05) is 38.3 Å². The summed E-state index contributed by atoms with van der Waals surface area (Å²) in [6, 6.07) is 4.92. The minimum absolute atomic E-state index is 0.0319. The zero-order valence-electron chi connectivity index (χ0n) is 15.4. The number of halogens is 2. The van der Waals surface area contributed by atoms with Crippen LogP contribution < -0.4 is 4.90 Å². The first-order chi connectivity index (χ1) is 14.0. The van der Waals surface area contributed by atoms with E-state index in [1.807, 2.05) is 4.90 Å². The van der Waals surface area contributed by atoms with Crippen LogP contribution in [-0.4, -0.2) is 59.4 Å². The molecule has 10 heteroatoms. The Labute approximate surface area is 169 Å². The van der Waals surface area contributed by atoms with E-state index in [2.05, 4.69) is 15.0 Å². The van der Waals surface area contributed by atoms with Gasteiger partial charge in [0.05, 0.1) is 25.3 Å². The Bertz CT molecular complexity index is 1110. The summed E-state index contributed by atoms with van der Waals surface area (Å²) in [5, 5.41) is 10.5. The molecule has 0 amide bonds. The highest BCUT2D eigenvalue weighted by atomic mass is 35.5. The molecule has 0 aliphatic carbocycles. The van der Waals surface area contributed by atoms with Crippen LogP contribution in [0.2, 0.25) is 5.02 Å². The number of morpholine rings is 1. The number of carbonyl (C=O) groups is 1. The second-order valence-electron chi connectivity index (χ2n) is 6.31. The Hall–Kier alpha value is -3.04. The molecule has 0 saturated carbocycles. The number of rotatable bonds is 3. The quantitative estimate of drug-likeness (QED) is 0.648. The number of ether oxygens (including phenoxy) is 2. The summed E-state index contributed by atoms with van der Waals surface area (Å²) in [6.45, 7) is 2.19. The number of nitrogens with zero attached hydrogens (tertiary/aromatic N) is 4.